The number of imidazole rings is 1. The zero-order valence-electron chi connectivity index (χ0n) is 13.6. The van der Waals surface area contributed by atoms with E-state index in [2.05, 4.69) is 46.0 Å². The number of hydrogen-bond acceptors (Lipinski definition) is 4. The standard InChI is InChI=1S/C19H18N4O/c1-13-4-3-10-23-12-17(22-18(13)23)15-5-7-16(8-6-15)21-14(2)19-20-9-11-24-19/h3-12,14,21H,1-2H3. The summed E-state index contributed by atoms with van der Waals surface area (Å²) in [5.74, 6) is 0.676. The van der Waals surface area contributed by atoms with Crippen molar-refractivity contribution in [2.45, 2.75) is 19.9 Å². The third-order valence-electron chi connectivity index (χ3n) is 4.06. The van der Waals surface area contributed by atoms with Crippen molar-refractivity contribution in [3.63, 3.8) is 0 Å². The summed E-state index contributed by atoms with van der Waals surface area (Å²) in [6.07, 6.45) is 7.32. The quantitative estimate of drug-likeness (QED) is 0.603. The maximum atomic E-state index is 5.32. The molecule has 120 valence electrons. The fourth-order valence-electron chi connectivity index (χ4n) is 2.79. The molecule has 0 fully saturated rings. The van der Waals surface area contributed by atoms with Crippen molar-refractivity contribution >= 4 is 11.3 Å². The summed E-state index contributed by atoms with van der Waals surface area (Å²) in [6, 6.07) is 12.4. The Bertz CT molecular complexity index is 955. The molecule has 0 amide bonds. The number of hydrogen-bond donors (Lipinski definition) is 1. The van der Waals surface area contributed by atoms with Crippen molar-refractivity contribution in [2.24, 2.45) is 0 Å². The molecule has 0 spiro atoms. The van der Waals surface area contributed by atoms with Gasteiger partial charge < -0.3 is 14.1 Å². The molecule has 1 N–H and O–H groups in total. The minimum Gasteiger partial charge on any atom is -0.447 e. The lowest BCUT2D eigenvalue weighted by molar-refractivity contribution is 0.475. The number of oxazole rings is 1. The number of anilines is 1. The second-order valence-corrected chi connectivity index (χ2v) is 5.86. The van der Waals surface area contributed by atoms with Crippen LogP contribution in [-0.4, -0.2) is 14.4 Å². The van der Waals surface area contributed by atoms with Crippen LogP contribution in [-0.2, 0) is 0 Å². The molecule has 4 rings (SSSR count). The minimum atomic E-state index is 0.0173. The van der Waals surface area contributed by atoms with E-state index < -0.39 is 0 Å². The van der Waals surface area contributed by atoms with E-state index >= 15 is 0 Å². The van der Waals surface area contributed by atoms with Gasteiger partial charge in [0.15, 0.2) is 0 Å². The van der Waals surface area contributed by atoms with Gasteiger partial charge in [-0.05, 0) is 37.6 Å². The van der Waals surface area contributed by atoms with Crippen molar-refractivity contribution in [1.82, 2.24) is 14.4 Å². The molecular weight excluding hydrogens is 300 g/mol. The number of aromatic nitrogens is 3. The van der Waals surface area contributed by atoms with Crippen LogP contribution >= 0.6 is 0 Å². The summed E-state index contributed by atoms with van der Waals surface area (Å²) in [5.41, 5.74) is 5.24. The Morgan fingerprint density at radius 1 is 1.17 bits per heavy atom. The number of pyridine rings is 1. The average Bonchev–Trinajstić information content (AvgIpc) is 3.26. The Morgan fingerprint density at radius 3 is 2.71 bits per heavy atom. The van der Waals surface area contributed by atoms with Gasteiger partial charge in [-0.25, -0.2) is 9.97 Å². The summed E-state index contributed by atoms with van der Waals surface area (Å²) in [7, 11) is 0. The van der Waals surface area contributed by atoms with Crippen LogP contribution in [0.3, 0.4) is 0 Å². The number of rotatable bonds is 4. The largest absolute Gasteiger partial charge is 0.447 e. The first-order valence-electron chi connectivity index (χ1n) is 7.91. The van der Waals surface area contributed by atoms with Crippen molar-refractivity contribution in [1.29, 1.82) is 0 Å². The van der Waals surface area contributed by atoms with Gasteiger partial charge in [-0.15, -0.1) is 0 Å². The fraction of sp³-hybridized carbons (Fsp3) is 0.158. The van der Waals surface area contributed by atoms with Crippen LogP contribution in [0.2, 0.25) is 0 Å². The molecule has 1 aromatic carbocycles. The van der Waals surface area contributed by atoms with Crippen molar-refractivity contribution in [3.8, 4) is 11.3 Å². The maximum absolute atomic E-state index is 5.32. The van der Waals surface area contributed by atoms with Crippen LogP contribution in [0.1, 0.15) is 24.4 Å². The van der Waals surface area contributed by atoms with Crippen LogP contribution in [0, 0.1) is 6.92 Å². The number of benzene rings is 1. The Kier molecular flexibility index (Phi) is 3.54. The third-order valence-corrected chi connectivity index (χ3v) is 4.06. The first-order valence-corrected chi connectivity index (χ1v) is 7.91. The van der Waals surface area contributed by atoms with E-state index in [9.17, 15) is 0 Å². The molecule has 24 heavy (non-hydrogen) atoms. The van der Waals surface area contributed by atoms with Crippen molar-refractivity contribution < 1.29 is 4.42 Å². The van der Waals surface area contributed by atoms with Gasteiger partial charge in [0.25, 0.3) is 0 Å². The topological polar surface area (TPSA) is 55.4 Å². The molecule has 5 nitrogen and oxygen atoms in total. The number of aryl methyl sites for hydroxylation is 1. The van der Waals surface area contributed by atoms with E-state index in [1.54, 1.807) is 12.5 Å². The lowest BCUT2D eigenvalue weighted by Gasteiger charge is -2.12. The van der Waals surface area contributed by atoms with Gasteiger partial charge in [-0.2, -0.15) is 0 Å². The normalized spacial score (nSPS) is 12.4. The van der Waals surface area contributed by atoms with Crippen LogP contribution in [0.25, 0.3) is 16.9 Å². The Hall–Kier alpha value is -3.08. The van der Waals surface area contributed by atoms with Gasteiger partial charge in [-0.1, -0.05) is 18.2 Å². The lowest BCUT2D eigenvalue weighted by Crippen LogP contribution is -2.06. The number of nitrogens with one attached hydrogen (secondary N) is 1. The molecule has 0 aliphatic carbocycles. The Morgan fingerprint density at radius 2 is 2.00 bits per heavy atom. The summed E-state index contributed by atoms with van der Waals surface area (Å²) in [6.45, 7) is 4.09. The van der Waals surface area contributed by atoms with Crippen LogP contribution < -0.4 is 5.32 Å². The molecule has 5 heteroatoms. The van der Waals surface area contributed by atoms with E-state index in [1.807, 2.05) is 31.3 Å². The molecule has 0 aliphatic rings. The molecule has 4 aromatic rings. The summed E-state index contributed by atoms with van der Waals surface area (Å²) < 4.78 is 7.38. The zero-order chi connectivity index (χ0) is 16.5. The SMILES string of the molecule is Cc1cccn2cc(-c3ccc(NC(C)c4ncco4)cc3)nc12. The molecule has 3 heterocycles. The Balaban J connectivity index is 1.57. The van der Waals surface area contributed by atoms with Crippen molar-refractivity contribution in [2.75, 3.05) is 5.32 Å². The first-order chi connectivity index (χ1) is 11.7. The first kappa shape index (κ1) is 14.5. The molecule has 1 atom stereocenters. The van der Waals surface area contributed by atoms with Gasteiger partial charge in [0, 0.05) is 23.6 Å². The second kappa shape index (κ2) is 5.85. The average molecular weight is 318 g/mol. The van der Waals surface area contributed by atoms with E-state index in [0.29, 0.717) is 5.89 Å². The molecule has 1 unspecified atom stereocenters. The molecule has 3 aromatic heterocycles. The van der Waals surface area contributed by atoms with Gasteiger partial charge in [-0.3, -0.25) is 0 Å². The van der Waals surface area contributed by atoms with Gasteiger partial charge >= 0.3 is 0 Å². The van der Waals surface area contributed by atoms with Gasteiger partial charge in [0.2, 0.25) is 5.89 Å². The monoisotopic (exact) mass is 318 g/mol. The van der Waals surface area contributed by atoms with E-state index in [4.69, 9.17) is 9.40 Å². The van der Waals surface area contributed by atoms with Crippen molar-refractivity contribution in [3.05, 3.63) is 72.7 Å². The minimum absolute atomic E-state index is 0.0173. The second-order valence-electron chi connectivity index (χ2n) is 5.86. The molecule has 0 saturated heterocycles. The number of nitrogens with zero attached hydrogens (tertiary/aromatic N) is 3. The van der Waals surface area contributed by atoms with Gasteiger partial charge in [0.1, 0.15) is 18.0 Å². The predicted molar refractivity (Wildman–Crippen MR) is 93.9 cm³/mol. The third kappa shape index (κ3) is 2.65. The number of fused-ring (bicyclic) bond motifs is 1. The Labute approximate surface area is 140 Å². The van der Waals surface area contributed by atoms with Crippen LogP contribution in [0.5, 0.6) is 0 Å². The highest BCUT2D eigenvalue weighted by molar-refractivity contribution is 5.66. The summed E-state index contributed by atoms with van der Waals surface area (Å²) in [4.78, 5) is 8.90. The van der Waals surface area contributed by atoms with E-state index in [0.717, 1.165) is 22.6 Å². The smallest absolute Gasteiger partial charge is 0.216 e. The van der Waals surface area contributed by atoms with Gasteiger partial charge in [0.05, 0.1) is 11.9 Å². The molecule has 0 aliphatic heterocycles. The highest BCUT2D eigenvalue weighted by Gasteiger charge is 2.10. The highest BCUT2D eigenvalue weighted by atomic mass is 16.3. The molecular formula is C19H18N4O. The predicted octanol–water partition coefficient (Wildman–Crippen LogP) is 4.47. The van der Waals surface area contributed by atoms with E-state index in [1.165, 1.54) is 5.56 Å². The summed E-state index contributed by atoms with van der Waals surface area (Å²) in [5, 5.41) is 3.38. The fourth-order valence-corrected chi connectivity index (χ4v) is 2.79. The lowest BCUT2D eigenvalue weighted by atomic mass is 10.1. The maximum Gasteiger partial charge on any atom is 0.216 e. The molecule has 0 saturated carbocycles. The van der Waals surface area contributed by atoms with Crippen LogP contribution in [0.15, 0.2) is 65.7 Å². The zero-order valence-corrected chi connectivity index (χ0v) is 13.6. The molecule has 0 bridgehead atoms. The summed E-state index contributed by atoms with van der Waals surface area (Å²) >= 11 is 0. The highest BCUT2D eigenvalue weighted by Crippen LogP contribution is 2.24. The van der Waals surface area contributed by atoms with E-state index in [-0.39, 0.29) is 6.04 Å². The van der Waals surface area contributed by atoms with Crippen LogP contribution in [0.4, 0.5) is 5.69 Å². The molecule has 0 radical (unpaired) electrons.